The van der Waals surface area contributed by atoms with Gasteiger partial charge in [0.25, 0.3) is 0 Å². The van der Waals surface area contributed by atoms with Crippen molar-refractivity contribution < 1.29 is 14.3 Å². The molecule has 0 aliphatic carbocycles. The van der Waals surface area contributed by atoms with Gasteiger partial charge in [0.15, 0.2) is 5.13 Å². The number of nitrogens with zero attached hydrogens (tertiary/aromatic N) is 1. The Morgan fingerprint density at radius 2 is 2.14 bits per heavy atom. The fraction of sp³-hybridized carbons (Fsp3) is 0.214. The Balaban J connectivity index is 2.03. The van der Waals surface area contributed by atoms with Crippen molar-refractivity contribution in [3.8, 4) is 0 Å². The van der Waals surface area contributed by atoms with Gasteiger partial charge in [0.2, 0.25) is 0 Å². The summed E-state index contributed by atoms with van der Waals surface area (Å²) < 4.78 is 4.92. The summed E-state index contributed by atoms with van der Waals surface area (Å²) in [5.41, 5.74) is 1.07. The lowest BCUT2D eigenvalue weighted by molar-refractivity contribution is 0.0531. The van der Waals surface area contributed by atoms with Gasteiger partial charge in [-0.25, -0.2) is 14.6 Å². The van der Waals surface area contributed by atoms with Gasteiger partial charge in [-0.2, -0.15) is 0 Å². The van der Waals surface area contributed by atoms with Crippen molar-refractivity contribution in [2.24, 2.45) is 0 Å². The maximum absolute atomic E-state index is 11.9. The molecule has 116 valence electrons. The lowest BCUT2D eigenvalue weighted by atomic mass is 10.3. The molecule has 0 atom stereocenters. The number of aromatic nitrogens is 1. The molecule has 2 rings (SSSR count). The zero-order valence-electron chi connectivity index (χ0n) is 12.0. The van der Waals surface area contributed by atoms with E-state index in [0.29, 0.717) is 26.4 Å². The maximum Gasteiger partial charge on any atom is 0.350 e. The zero-order valence-corrected chi connectivity index (χ0v) is 13.5. The Hall–Kier alpha value is -2.12. The molecular weight excluding hydrogens is 326 g/mol. The van der Waals surface area contributed by atoms with Crippen molar-refractivity contribution >= 4 is 45.8 Å². The Kier molecular flexibility index (Phi) is 5.35. The quantitative estimate of drug-likeness (QED) is 0.827. The number of aryl methyl sites for hydroxylation is 1. The van der Waals surface area contributed by atoms with Crippen LogP contribution in [0.5, 0.6) is 0 Å². The molecule has 2 aromatic rings. The van der Waals surface area contributed by atoms with Crippen molar-refractivity contribution in [3.63, 3.8) is 0 Å². The highest BCUT2D eigenvalue weighted by molar-refractivity contribution is 7.17. The smallest absolute Gasteiger partial charge is 0.350 e. The molecule has 0 saturated heterocycles. The van der Waals surface area contributed by atoms with Crippen LogP contribution in [0.1, 0.15) is 22.3 Å². The minimum Gasteiger partial charge on any atom is -0.462 e. The fourth-order valence-corrected chi connectivity index (χ4v) is 2.71. The number of anilines is 2. The van der Waals surface area contributed by atoms with Crippen LogP contribution < -0.4 is 10.6 Å². The largest absolute Gasteiger partial charge is 0.462 e. The summed E-state index contributed by atoms with van der Waals surface area (Å²) in [6.45, 7) is 3.70. The van der Waals surface area contributed by atoms with Gasteiger partial charge >= 0.3 is 12.0 Å². The molecule has 0 aliphatic rings. The lowest BCUT2D eigenvalue weighted by Crippen LogP contribution is -2.19. The van der Waals surface area contributed by atoms with E-state index in [9.17, 15) is 9.59 Å². The van der Waals surface area contributed by atoms with E-state index in [1.807, 2.05) is 0 Å². The first-order chi connectivity index (χ1) is 10.5. The third-order valence-electron chi connectivity index (χ3n) is 2.56. The number of thiazole rings is 1. The topological polar surface area (TPSA) is 80.3 Å². The molecule has 0 radical (unpaired) electrons. The van der Waals surface area contributed by atoms with E-state index < -0.39 is 12.0 Å². The third-order valence-corrected chi connectivity index (χ3v) is 3.85. The van der Waals surface area contributed by atoms with Crippen LogP contribution >= 0.6 is 22.9 Å². The molecule has 0 unspecified atom stereocenters. The predicted octanol–water partition coefficient (Wildman–Crippen LogP) is 3.93. The summed E-state index contributed by atoms with van der Waals surface area (Å²) in [7, 11) is 0. The van der Waals surface area contributed by atoms with Crippen LogP contribution in [0.4, 0.5) is 15.6 Å². The molecule has 1 heterocycles. The number of hydrogen-bond donors (Lipinski definition) is 2. The Morgan fingerprint density at radius 3 is 2.82 bits per heavy atom. The second-order valence-corrected chi connectivity index (χ2v) is 5.68. The SMILES string of the molecule is CCOC(=O)c1sc(NC(=O)Nc2cccc(Cl)c2)nc1C. The predicted molar refractivity (Wildman–Crippen MR) is 86.9 cm³/mol. The van der Waals surface area contributed by atoms with Gasteiger partial charge in [-0.15, -0.1) is 0 Å². The molecule has 2 amide bonds. The fourth-order valence-electron chi connectivity index (χ4n) is 1.66. The number of esters is 1. The van der Waals surface area contributed by atoms with Crippen LogP contribution in [-0.4, -0.2) is 23.6 Å². The van der Waals surface area contributed by atoms with E-state index >= 15 is 0 Å². The first kappa shape index (κ1) is 16.3. The molecule has 1 aromatic heterocycles. The number of ether oxygens (including phenoxy) is 1. The van der Waals surface area contributed by atoms with Crippen molar-refractivity contribution in [2.45, 2.75) is 13.8 Å². The van der Waals surface area contributed by atoms with Crippen LogP contribution in [0.25, 0.3) is 0 Å². The van der Waals surface area contributed by atoms with E-state index in [4.69, 9.17) is 16.3 Å². The van der Waals surface area contributed by atoms with E-state index in [1.54, 1.807) is 38.1 Å². The molecule has 1 aromatic carbocycles. The van der Waals surface area contributed by atoms with Crippen molar-refractivity contribution in [1.29, 1.82) is 0 Å². The molecule has 8 heteroatoms. The Labute approximate surface area is 136 Å². The second kappa shape index (κ2) is 7.24. The van der Waals surface area contributed by atoms with Gasteiger partial charge in [0, 0.05) is 10.7 Å². The highest BCUT2D eigenvalue weighted by Crippen LogP contribution is 2.23. The van der Waals surface area contributed by atoms with Gasteiger partial charge in [0.05, 0.1) is 12.3 Å². The van der Waals surface area contributed by atoms with Crippen molar-refractivity contribution in [1.82, 2.24) is 4.98 Å². The second-order valence-electron chi connectivity index (χ2n) is 4.24. The Morgan fingerprint density at radius 1 is 1.36 bits per heavy atom. The minimum atomic E-state index is -0.466. The van der Waals surface area contributed by atoms with Crippen LogP contribution in [0.3, 0.4) is 0 Å². The first-order valence-corrected chi connectivity index (χ1v) is 7.67. The highest BCUT2D eigenvalue weighted by Gasteiger charge is 2.17. The number of amides is 2. The van der Waals surface area contributed by atoms with Crippen LogP contribution in [0.2, 0.25) is 5.02 Å². The minimum absolute atomic E-state index is 0.286. The summed E-state index contributed by atoms with van der Waals surface area (Å²) in [4.78, 5) is 28.1. The summed E-state index contributed by atoms with van der Waals surface area (Å²) in [6, 6.07) is 6.30. The maximum atomic E-state index is 11.9. The molecule has 2 N–H and O–H groups in total. The normalized spacial score (nSPS) is 10.1. The van der Waals surface area contributed by atoms with Gasteiger partial charge in [-0.05, 0) is 32.0 Å². The van der Waals surface area contributed by atoms with Gasteiger partial charge in [0.1, 0.15) is 4.88 Å². The summed E-state index contributed by atoms with van der Waals surface area (Å²) in [6.07, 6.45) is 0. The van der Waals surface area contributed by atoms with Crippen molar-refractivity contribution in [2.75, 3.05) is 17.2 Å². The Bertz CT molecular complexity index is 702. The average Bonchev–Trinajstić information content (AvgIpc) is 2.79. The summed E-state index contributed by atoms with van der Waals surface area (Å²) in [5.74, 6) is -0.444. The van der Waals surface area contributed by atoms with Gasteiger partial charge < -0.3 is 10.1 Å². The number of rotatable bonds is 4. The van der Waals surface area contributed by atoms with E-state index in [0.717, 1.165) is 11.3 Å². The molecule has 6 nitrogen and oxygen atoms in total. The standard InChI is InChI=1S/C14H14ClN3O3S/c1-3-21-12(19)11-8(2)16-14(22-11)18-13(20)17-10-6-4-5-9(15)7-10/h4-7H,3H2,1-2H3,(H2,16,17,18,20). The van der Waals surface area contributed by atoms with Crippen LogP contribution in [0, 0.1) is 6.92 Å². The first-order valence-electron chi connectivity index (χ1n) is 6.47. The number of carbonyl (C=O) groups is 2. The van der Waals surface area contributed by atoms with Crippen LogP contribution in [-0.2, 0) is 4.74 Å². The molecule has 0 fully saturated rings. The summed E-state index contributed by atoms with van der Waals surface area (Å²) >= 11 is 6.91. The number of hydrogen-bond acceptors (Lipinski definition) is 5. The van der Waals surface area contributed by atoms with E-state index in [2.05, 4.69) is 15.6 Å². The number of carbonyl (C=O) groups excluding carboxylic acids is 2. The number of nitrogens with one attached hydrogen (secondary N) is 2. The van der Waals surface area contributed by atoms with Crippen molar-refractivity contribution in [3.05, 3.63) is 39.9 Å². The van der Waals surface area contributed by atoms with E-state index in [1.165, 1.54) is 0 Å². The molecule has 0 saturated carbocycles. The molecule has 22 heavy (non-hydrogen) atoms. The highest BCUT2D eigenvalue weighted by atomic mass is 35.5. The lowest BCUT2D eigenvalue weighted by Gasteiger charge is -2.05. The summed E-state index contributed by atoms with van der Waals surface area (Å²) in [5, 5.41) is 6.05. The van der Waals surface area contributed by atoms with E-state index in [-0.39, 0.29) is 6.61 Å². The number of halogens is 1. The van der Waals surface area contributed by atoms with Gasteiger partial charge in [-0.1, -0.05) is 29.0 Å². The van der Waals surface area contributed by atoms with Crippen LogP contribution in [0.15, 0.2) is 24.3 Å². The monoisotopic (exact) mass is 339 g/mol. The zero-order chi connectivity index (χ0) is 16.1. The molecule has 0 bridgehead atoms. The number of urea groups is 1. The molecule has 0 aliphatic heterocycles. The third kappa shape index (κ3) is 4.19. The molecule has 0 spiro atoms. The molecular formula is C14H14ClN3O3S. The van der Waals surface area contributed by atoms with Gasteiger partial charge in [-0.3, -0.25) is 5.32 Å². The number of benzene rings is 1. The average molecular weight is 340 g/mol.